The molecule has 6 aromatic rings. The largest absolute Gasteiger partial charge is 0.484 e. The van der Waals surface area contributed by atoms with E-state index >= 15 is 0 Å². The molecule has 5 N–H and O–H groups in total. The normalized spacial score (nSPS) is 18.8. The molecule has 0 spiro atoms. The minimum Gasteiger partial charge on any atom is -0.484 e. The molecule has 0 radical (unpaired) electrons. The highest BCUT2D eigenvalue weighted by atomic mass is 32.2. The molecule has 0 fully saturated rings. The lowest BCUT2D eigenvalue weighted by Gasteiger charge is -2.27. The second kappa shape index (κ2) is 21.3. The Kier molecular flexibility index (Phi) is 15.0. The van der Waals surface area contributed by atoms with E-state index < -0.39 is 70.3 Å². The molecule has 64 heavy (non-hydrogen) atoms. The molecular formula is C49H47N5O8S2. The number of benzene rings is 5. The molecule has 4 atom stereocenters. The summed E-state index contributed by atoms with van der Waals surface area (Å²) in [6.45, 7) is -0.438. The van der Waals surface area contributed by atoms with Gasteiger partial charge in [0, 0.05) is 24.1 Å². The maximum atomic E-state index is 14.6. The smallest absolute Gasteiger partial charge is 0.264 e. The highest BCUT2D eigenvalue weighted by molar-refractivity contribution is 7.90. The van der Waals surface area contributed by atoms with Gasteiger partial charge in [-0.3, -0.25) is 24.0 Å². The van der Waals surface area contributed by atoms with Gasteiger partial charge >= 0.3 is 0 Å². The predicted molar refractivity (Wildman–Crippen MR) is 244 cm³/mol. The number of hydrogen-bond donors (Lipinski definition) is 5. The number of hydrogen-bond acceptors (Lipinski definition) is 9. The van der Waals surface area contributed by atoms with Crippen molar-refractivity contribution in [3.05, 3.63) is 179 Å². The number of carbonyl (C=O) groups is 5. The number of carbonyl (C=O) groups excluding carboxylic acids is 5. The fraction of sp³-hybridized carbons (Fsp3) is 0.204. The summed E-state index contributed by atoms with van der Waals surface area (Å²) in [6, 6.07) is 39.0. The number of thiophene rings is 1. The van der Waals surface area contributed by atoms with Crippen LogP contribution in [0.3, 0.4) is 0 Å². The van der Waals surface area contributed by atoms with Gasteiger partial charge in [0.1, 0.15) is 29.9 Å². The lowest BCUT2D eigenvalue weighted by Crippen LogP contribution is -2.59. The van der Waals surface area contributed by atoms with Crippen LogP contribution in [0.4, 0.5) is 0 Å². The molecule has 5 amide bonds. The molecule has 0 saturated heterocycles. The molecule has 2 bridgehead atoms. The summed E-state index contributed by atoms with van der Waals surface area (Å²) in [6.07, 6.45) is 0.416. The number of rotatable bonds is 11. The van der Waals surface area contributed by atoms with E-state index in [4.69, 9.17) is 4.74 Å². The fourth-order valence-electron chi connectivity index (χ4n) is 7.20. The highest BCUT2D eigenvalue weighted by Gasteiger charge is 2.33. The van der Waals surface area contributed by atoms with Crippen LogP contribution in [0.5, 0.6) is 5.75 Å². The van der Waals surface area contributed by atoms with E-state index in [-0.39, 0.29) is 30.6 Å². The Balaban J connectivity index is 1.23. The molecule has 328 valence electrons. The maximum Gasteiger partial charge on any atom is 0.264 e. The second-order valence-electron chi connectivity index (χ2n) is 15.3. The van der Waals surface area contributed by atoms with Gasteiger partial charge in [-0.25, -0.2) is 13.1 Å². The van der Waals surface area contributed by atoms with Gasteiger partial charge in [-0.15, -0.1) is 11.3 Å². The number of fused-ring (bicyclic) bond motifs is 16. The zero-order valence-corrected chi connectivity index (χ0v) is 36.3. The van der Waals surface area contributed by atoms with Crippen molar-refractivity contribution >= 4 is 50.9 Å². The predicted octanol–water partition coefficient (Wildman–Crippen LogP) is 4.91. The monoisotopic (exact) mass is 897 g/mol. The van der Waals surface area contributed by atoms with Crippen LogP contribution >= 0.6 is 11.3 Å². The van der Waals surface area contributed by atoms with Crippen molar-refractivity contribution in [2.24, 2.45) is 0 Å². The highest BCUT2D eigenvalue weighted by Crippen LogP contribution is 2.21. The fourth-order valence-corrected chi connectivity index (χ4v) is 9.00. The molecule has 2 aliphatic rings. The van der Waals surface area contributed by atoms with Crippen LogP contribution < -0.4 is 30.7 Å². The molecular weight excluding hydrogens is 851 g/mol. The first-order valence-electron chi connectivity index (χ1n) is 20.7. The average Bonchev–Trinajstić information content (AvgIpc) is 3.83. The van der Waals surface area contributed by atoms with Crippen LogP contribution in [-0.4, -0.2) is 68.7 Å². The van der Waals surface area contributed by atoms with Crippen molar-refractivity contribution in [3.63, 3.8) is 0 Å². The Hall–Kier alpha value is -7.10. The zero-order chi connectivity index (χ0) is 44.9. The molecule has 8 rings (SSSR count). The minimum atomic E-state index is -4.34. The Morgan fingerprint density at radius 1 is 0.609 bits per heavy atom. The molecule has 2 aliphatic heterocycles. The summed E-state index contributed by atoms with van der Waals surface area (Å²) in [5, 5.41) is 13.1. The molecule has 1 unspecified atom stereocenters. The number of amides is 5. The van der Waals surface area contributed by atoms with Crippen molar-refractivity contribution in [2.75, 3.05) is 6.61 Å². The molecule has 3 heterocycles. The summed E-state index contributed by atoms with van der Waals surface area (Å²) in [4.78, 5) is 71.4. The second-order valence-corrected chi connectivity index (χ2v) is 18.0. The lowest BCUT2D eigenvalue weighted by atomic mass is 9.99. The standard InChI is InChI=1S/C49H47N5O8S2/c55-45-32-62-38-25-20-35(21-26-38)30-43(49(59)54-64(60,61)40-16-8-3-9-17-40)53-46(56)41(27-22-33-11-4-1-5-12-33)51-47(57)42(52-48(58)44(50-45)31-39-15-10-28-63-39)29-34-18-23-37(24-19-34)36-13-6-2-7-14-36/h1-21,23-26,28,41-44H,22,27,29-32H2,(H,50,55)(H,51,57)(H,52,58)(H,53,56)(H,54,59)/t41?,42-,43+,44+/m1/s1. The van der Waals surface area contributed by atoms with E-state index in [1.165, 1.54) is 35.6 Å². The summed E-state index contributed by atoms with van der Waals surface area (Å²) >= 11 is 1.41. The first-order chi connectivity index (χ1) is 31.0. The molecule has 0 aliphatic carbocycles. The van der Waals surface area contributed by atoms with E-state index in [0.29, 0.717) is 23.3 Å². The van der Waals surface area contributed by atoms with Crippen LogP contribution in [0, 0.1) is 0 Å². The van der Waals surface area contributed by atoms with Gasteiger partial charge in [-0.05, 0) is 76.4 Å². The van der Waals surface area contributed by atoms with Crippen molar-refractivity contribution in [3.8, 4) is 16.9 Å². The van der Waals surface area contributed by atoms with Gasteiger partial charge in [-0.1, -0.05) is 121 Å². The third-order valence-electron chi connectivity index (χ3n) is 10.6. The number of aryl methyl sites for hydroxylation is 1. The van der Waals surface area contributed by atoms with E-state index in [9.17, 15) is 32.4 Å². The minimum absolute atomic E-state index is 0.0127. The Morgan fingerprint density at radius 2 is 1.20 bits per heavy atom. The molecule has 15 heteroatoms. The van der Waals surface area contributed by atoms with E-state index in [1.54, 1.807) is 30.3 Å². The molecule has 0 saturated carbocycles. The van der Waals surface area contributed by atoms with Crippen LogP contribution in [0.1, 0.15) is 28.0 Å². The molecule has 5 aromatic carbocycles. The first-order valence-corrected chi connectivity index (χ1v) is 23.1. The van der Waals surface area contributed by atoms with E-state index in [2.05, 4.69) is 26.0 Å². The lowest BCUT2D eigenvalue weighted by molar-refractivity contribution is -0.134. The Labute approximate surface area is 375 Å². The summed E-state index contributed by atoms with van der Waals surface area (Å²) in [5.41, 5.74) is 4.05. The SMILES string of the molecule is O=C1COc2ccc(cc2)C[C@@H](C(=O)NS(=O)(=O)c2ccccc2)NC(=O)C(CCc2ccccc2)NC(=O)[C@@H](Cc2ccc(-c3ccccc3)cc2)NC(=O)[C@H](Cc2cccs2)N1. The third-order valence-corrected chi connectivity index (χ3v) is 12.9. The van der Waals surface area contributed by atoms with Crippen molar-refractivity contribution in [1.29, 1.82) is 0 Å². The van der Waals surface area contributed by atoms with Crippen molar-refractivity contribution in [1.82, 2.24) is 26.0 Å². The van der Waals surface area contributed by atoms with Crippen LogP contribution in [0.25, 0.3) is 11.1 Å². The third kappa shape index (κ3) is 12.5. The summed E-state index contributed by atoms with van der Waals surface area (Å²) < 4.78 is 34.5. The van der Waals surface area contributed by atoms with Gasteiger partial charge in [0.25, 0.3) is 21.8 Å². The first kappa shape index (κ1) is 44.9. The van der Waals surface area contributed by atoms with Gasteiger partial charge in [0.05, 0.1) is 4.90 Å². The van der Waals surface area contributed by atoms with Gasteiger partial charge in [0.15, 0.2) is 6.61 Å². The van der Waals surface area contributed by atoms with E-state index in [1.807, 2.05) is 102 Å². The van der Waals surface area contributed by atoms with Gasteiger partial charge < -0.3 is 26.0 Å². The van der Waals surface area contributed by atoms with E-state index in [0.717, 1.165) is 21.6 Å². The van der Waals surface area contributed by atoms with Crippen molar-refractivity contribution in [2.45, 2.75) is 61.2 Å². The van der Waals surface area contributed by atoms with Gasteiger partial charge in [-0.2, -0.15) is 0 Å². The summed E-state index contributed by atoms with van der Waals surface area (Å²) in [7, 11) is -4.34. The molecule has 1 aromatic heterocycles. The average molecular weight is 898 g/mol. The zero-order valence-electron chi connectivity index (χ0n) is 34.6. The van der Waals surface area contributed by atoms with Gasteiger partial charge in [0.2, 0.25) is 17.7 Å². The van der Waals surface area contributed by atoms with Crippen LogP contribution in [0.15, 0.2) is 162 Å². The quantitative estimate of drug-likeness (QED) is 0.114. The Morgan fingerprint density at radius 3 is 1.86 bits per heavy atom. The number of ether oxygens (including phenoxy) is 1. The maximum absolute atomic E-state index is 14.6. The number of sulfonamides is 1. The van der Waals surface area contributed by atoms with Crippen LogP contribution in [-0.2, 0) is 59.7 Å². The van der Waals surface area contributed by atoms with Crippen LogP contribution in [0.2, 0.25) is 0 Å². The molecule has 13 nitrogen and oxygen atoms in total. The van der Waals surface area contributed by atoms with Crippen molar-refractivity contribution < 1.29 is 37.1 Å². The summed E-state index contributed by atoms with van der Waals surface area (Å²) in [5.74, 6) is -3.36. The Bertz CT molecular complexity index is 2630. The topological polar surface area (TPSA) is 189 Å². The number of nitrogens with one attached hydrogen (secondary N) is 5.